The maximum atomic E-state index is 11.8. The van der Waals surface area contributed by atoms with Gasteiger partial charge in [-0.2, -0.15) is 0 Å². The summed E-state index contributed by atoms with van der Waals surface area (Å²) in [6.45, 7) is 6.49. The third kappa shape index (κ3) is 4.27. The Morgan fingerprint density at radius 3 is 2.39 bits per heavy atom. The molecule has 3 nitrogen and oxygen atoms in total. The highest BCUT2D eigenvalue weighted by Crippen LogP contribution is 2.38. The number of amides is 1. The Kier molecular flexibility index (Phi) is 6.13. The standard InChI is InChI=1S/C15H30N2O/c1-4-5-6-7-8-9-10-14(18)17-13-11-12(16)15(13,2)3/h12-13H,4-11,16H2,1-3H3,(H,17,18). The molecule has 0 aromatic heterocycles. The van der Waals surface area contributed by atoms with E-state index < -0.39 is 0 Å². The first kappa shape index (κ1) is 15.5. The van der Waals surface area contributed by atoms with Gasteiger partial charge in [-0.3, -0.25) is 4.79 Å². The molecule has 0 bridgehead atoms. The van der Waals surface area contributed by atoms with E-state index in [0.717, 1.165) is 12.8 Å². The molecule has 1 rings (SSSR count). The molecule has 1 aliphatic carbocycles. The first-order valence-electron chi connectivity index (χ1n) is 7.53. The van der Waals surface area contributed by atoms with E-state index in [0.29, 0.717) is 6.42 Å². The largest absolute Gasteiger partial charge is 0.353 e. The Morgan fingerprint density at radius 2 is 1.83 bits per heavy atom. The molecule has 0 aromatic rings. The van der Waals surface area contributed by atoms with E-state index >= 15 is 0 Å². The van der Waals surface area contributed by atoms with E-state index in [1.54, 1.807) is 0 Å². The topological polar surface area (TPSA) is 55.1 Å². The van der Waals surface area contributed by atoms with Gasteiger partial charge >= 0.3 is 0 Å². The van der Waals surface area contributed by atoms with Crippen molar-refractivity contribution in [3.8, 4) is 0 Å². The maximum absolute atomic E-state index is 11.8. The fraction of sp³-hybridized carbons (Fsp3) is 0.933. The highest BCUT2D eigenvalue weighted by molar-refractivity contribution is 5.76. The van der Waals surface area contributed by atoms with E-state index in [1.807, 2.05) is 0 Å². The highest BCUT2D eigenvalue weighted by Gasteiger charge is 2.46. The molecule has 1 saturated carbocycles. The van der Waals surface area contributed by atoms with Gasteiger partial charge in [0.25, 0.3) is 0 Å². The molecule has 18 heavy (non-hydrogen) atoms. The summed E-state index contributed by atoms with van der Waals surface area (Å²) in [6, 6.07) is 0.511. The van der Waals surface area contributed by atoms with Gasteiger partial charge in [0.05, 0.1) is 0 Å². The van der Waals surface area contributed by atoms with Crippen LogP contribution in [-0.2, 0) is 4.79 Å². The second kappa shape index (κ2) is 7.13. The van der Waals surface area contributed by atoms with Gasteiger partial charge in [-0.05, 0) is 12.8 Å². The number of unbranched alkanes of at least 4 members (excludes halogenated alkanes) is 5. The molecular formula is C15H30N2O. The van der Waals surface area contributed by atoms with Crippen LogP contribution in [0.15, 0.2) is 0 Å². The molecule has 1 amide bonds. The molecule has 0 heterocycles. The number of nitrogens with one attached hydrogen (secondary N) is 1. The Hall–Kier alpha value is -0.570. The van der Waals surface area contributed by atoms with Crippen LogP contribution in [0.3, 0.4) is 0 Å². The minimum absolute atomic E-state index is 0.0663. The fourth-order valence-corrected chi connectivity index (χ4v) is 2.54. The summed E-state index contributed by atoms with van der Waals surface area (Å²) in [6.07, 6.45) is 8.97. The average Bonchev–Trinajstić information content (AvgIpc) is 2.33. The summed E-state index contributed by atoms with van der Waals surface area (Å²) in [5.74, 6) is 0.204. The van der Waals surface area contributed by atoms with Gasteiger partial charge in [-0.15, -0.1) is 0 Å². The lowest BCUT2D eigenvalue weighted by Crippen LogP contribution is -2.64. The van der Waals surface area contributed by atoms with Crippen molar-refractivity contribution in [3.05, 3.63) is 0 Å². The fourth-order valence-electron chi connectivity index (χ4n) is 2.54. The third-order valence-electron chi connectivity index (χ3n) is 4.44. The summed E-state index contributed by atoms with van der Waals surface area (Å²) in [5, 5.41) is 3.12. The van der Waals surface area contributed by atoms with Crippen LogP contribution in [0, 0.1) is 5.41 Å². The Morgan fingerprint density at radius 1 is 1.22 bits per heavy atom. The van der Waals surface area contributed by atoms with Gasteiger partial charge in [0, 0.05) is 23.9 Å². The van der Waals surface area contributed by atoms with Crippen LogP contribution < -0.4 is 11.1 Å². The van der Waals surface area contributed by atoms with Crippen molar-refractivity contribution >= 4 is 5.91 Å². The van der Waals surface area contributed by atoms with Crippen molar-refractivity contribution in [2.75, 3.05) is 0 Å². The van der Waals surface area contributed by atoms with Crippen LogP contribution in [-0.4, -0.2) is 18.0 Å². The number of carbonyl (C=O) groups excluding carboxylic acids is 1. The molecule has 1 fully saturated rings. The predicted octanol–water partition coefficient (Wildman–Crippen LogP) is 2.98. The van der Waals surface area contributed by atoms with Gasteiger partial charge in [0.1, 0.15) is 0 Å². The van der Waals surface area contributed by atoms with Gasteiger partial charge in [0.15, 0.2) is 0 Å². The quantitative estimate of drug-likeness (QED) is 0.654. The second-order valence-corrected chi connectivity index (χ2v) is 6.30. The van der Waals surface area contributed by atoms with Crippen molar-refractivity contribution in [2.24, 2.45) is 11.1 Å². The number of nitrogens with two attached hydrogens (primary N) is 1. The molecule has 0 radical (unpaired) electrons. The maximum Gasteiger partial charge on any atom is 0.220 e. The molecule has 0 aliphatic heterocycles. The van der Waals surface area contributed by atoms with Crippen LogP contribution in [0.25, 0.3) is 0 Å². The van der Waals surface area contributed by atoms with Crippen molar-refractivity contribution in [3.63, 3.8) is 0 Å². The van der Waals surface area contributed by atoms with Crippen LogP contribution in [0.5, 0.6) is 0 Å². The zero-order valence-corrected chi connectivity index (χ0v) is 12.3. The van der Waals surface area contributed by atoms with Gasteiger partial charge in [-0.25, -0.2) is 0 Å². The van der Waals surface area contributed by atoms with Gasteiger partial charge in [0.2, 0.25) is 5.91 Å². The van der Waals surface area contributed by atoms with Crippen LogP contribution in [0.1, 0.15) is 72.1 Å². The Balaban J connectivity index is 2.05. The van der Waals surface area contributed by atoms with Crippen LogP contribution in [0.2, 0.25) is 0 Å². The zero-order valence-electron chi connectivity index (χ0n) is 12.3. The predicted molar refractivity (Wildman–Crippen MR) is 76.3 cm³/mol. The first-order chi connectivity index (χ1) is 8.48. The summed E-state index contributed by atoms with van der Waals surface area (Å²) in [5.41, 5.74) is 6.01. The van der Waals surface area contributed by atoms with Crippen LogP contribution >= 0.6 is 0 Å². The molecular weight excluding hydrogens is 224 g/mol. The highest BCUT2D eigenvalue weighted by atomic mass is 16.1. The number of carbonyl (C=O) groups is 1. The van der Waals surface area contributed by atoms with E-state index in [1.165, 1.54) is 32.1 Å². The second-order valence-electron chi connectivity index (χ2n) is 6.30. The van der Waals surface area contributed by atoms with Crippen molar-refractivity contribution in [2.45, 2.75) is 84.2 Å². The van der Waals surface area contributed by atoms with E-state index in [2.05, 4.69) is 26.1 Å². The van der Waals surface area contributed by atoms with Gasteiger partial charge in [-0.1, -0.05) is 52.9 Å². The summed E-state index contributed by atoms with van der Waals surface area (Å²) in [7, 11) is 0. The molecule has 3 N–H and O–H groups in total. The van der Waals surface area contributed by atoms with Crippen molar-refractivity contribution < 1.29 is 4.79 Å². The lowest BCUT2D eigenvalue weighted by atomic mass is 9.63. The normalized spacial score (nSPS) is 25.6. The summed E-state index contributed by atoms with van der Waals surface area (Å²) >= 11 is 0. The molecule has 1 aliphatic rings. The lowest BCUT2D eigenvalue weighted by Gasteiger charge is -2.50. The van der Waals surface area contributed by atoms with E-state index in [-0.39, 0.29) is 23.4 Å². The Bertz CT molecular complexity index is 263. The Labute approximate surface area is 112 Å². The average molecular weight is 254 g/mol. The van der Waals surface area contributed by atoms with Crippen molar-refractivity contribution in [1.29, 1.82) is 0 Å². The smallest absolute Gasteiger partial charge is 0.220 e. The third-order valence-corrected chi connectivity index (χ3v) is 4.44. The first-order valence-corrected chi connectivity index (χ1v) is 7.53. The lowest BCUT2D eigenvalue weighted by molar-refractivity contribution is -0.124. The minimum Gasteiger partial charge on any atom is -0.353 e. The molecule has 106 valence electrons. The molecule has 0 spiro atoms. The van der Waals surface area contributed by atoms with Gasteiger partial charge < -0.3 is 11.1 Å². The summed E-state index contributed by atoms with van der Waals surface area (Å²) in [4.78, 5) is 11.8. The number of rotatable bonds is 8. The molecule has 2 unspecified atom stereocenters. The molecule has 0 saturated heterocycles. The van der Waals surface area contributed by atoms with E-state index in [9.17, 15) is 4.79 Å². The van der Waals surface area contributed by atoms with E-state index in [4.69, 9.17) is 5.73 Å². The SMILES string of the molecule is CCCCCCCCC(=O)NC1CC(N)C1(C)C. The van der Waals surface area contributed by atoms with Crippen molar-refractivity contribution in [1.82, 2.24) is 5.32 Å². The molecule has 3 heteroatoms. The minimum atomic E-state index is 0.0663. The number of hydrogen-bond donors (Lipinski definition) is 2. The zero-order chi connectivity index (χ0) is 13.6. The number of hydrogen-bond acceptors (Lipinski definition) is 2. The molecule has 0 aromatic carbocycles. The summed E-state index contributed by atoms with van der Waals surface area (Å²) < 4.78 is 0. The van der Waals surface area contributed by atoms with Crippen LogP contribution in [0.4, 0.5) is 0 Å². The monoisotopic (exact) mass is 254 g/mol. The molecule has 2 atom stereocenters.